The first-order chi connectivity index (χ1) is 22.6. The van der Waals surface area contributed by atoms with Gasteiger partial charge in [0.1, 0.15) is 6.10 Å². The van der Waals surface area contributed by atoms with Gasteiger partial charge in [-0.05, 0) is 127 Å². The van der Waals surface area contributed by atoms with Crippen LogP contribution in [0.4, 0.5) is 10.5 Å². The minimum atomic E-state index is -0.604. The molecule has 5 aliphatic rings. The van der Waals surface area contributed by atoms with E-state index in [1.807, 2.05) is 42.5 Å². The van der Waals surface area contributed by atoms with E-state index in [0.29, 0.717) is 11.8 Å². The number of anilines is 1. The van der Waals surface area contributed by atoms with Gasteiger partial charge in [0.05, 0.1) is 5.41 Å². The van der Waals surface area contributed by atoms with Crippen LogP contribution in [0.1, 0.15) is 113 Å². The van der Waals surface area contributed by atoms with Crippen molar-refractivity contribution in [2.24, 2.45) is 50.2 Å². The Balaban J connectivity index is 1.10. The molecule has 0 aromatic heterocycles. The molecule has 2 N–H and O–H groups in total. The Labute approximate surface area is 288 Å². The summed E-state index contributed by atoms with van der Waals surface area (Å²) >= 11 is 0. The van der Waals surface area contributed by atoms with Crippen LogP contribution in [0, 0.1) is 50.2 Å². The zero-order chi connectivity index (χ0) is 34.3. The Bertz CT molecular complexity index is 1610. The van der Waals surface area contributed by atoms with E-state index in [1.54, 1.807) is 0 Å². The van der Waals surface area contributed by atoms with Gasteiger partial charge in [-0.2, -0.15) is 0 Å². The Morgan fingerprint density at radius 3 is 2.12 bits per heavy atom. The lowest BCUT2D eigenvalue weighted by Gasteiger charge is -2.71. The van der Waals surface area contributed by atoms with E-state index in [1.165, 1.54) is 5.57 Å². The number of allylic oxidation sites excluding steroid dienone is 2. The summed E-state index contributed by atoms with van der Waals surface area (Å²) < 4.78 is 6.28. The Hall–Kier alpha value is -3.08. The summed E-state index contributed by atoms with van der Waals surface area (Å²) in [5, 5.41) is 13.7. The number of carbonyl (C=O) groups excluding carboxylic acids is 1. The van der Waals surface area contributed by atoms with E-state index in [9.17, 15) is 14.7 Å². The van der Waals surface area contributed by atoms with Crippen LogP contribution in [0.15, 0.2) is 66.2 Å². The van der Waals surface area contributed by atoms with Gasteiger partial charge in [-0.25, -0.2) is 4.79 Å². The summed E-state index contributed by atoms with van der Waals surface area (Å²) in [5.74, 6) is 0.522. The molecule has 5 nitrogen and oxygen atoms in total. The van der Waals surface area contributed by atoms with Crippen LogP contribution >= 0.6 is 0 Å². The van der Waals surface area contributed by atoms with Gasteiger partial charge in [0.25, 0.3) is 0 Å². The second-order valence-electron chi connectivity index (χ2n) is 18.5. The molecule has 2 aromatic rings. The van der Waals surface area contributed by atoms with Crippen molar-refractivity contribution >= 4 is 17.7 Å². The quantitative estimate of drug-likeness (QED) is 0.323. The molecule has 0 aliphatic heterocycles. The van der Waals surface area contributed by atoms with Gasteiger partial charge >= 0.3 is 12.1 Å². The molecule has 4 fully saturated rings. The second-order valence-corrected chi connectivity index (χ2v) is 18.5. The molecule has 0 bridgehead atoms. The number of carboxylic acid groups (broad SMARTS) is 1. The molecule has 2 aromatic carbocycles. The normalized spacial score (nSPS) is 39.4. The molecule has 0 radical (unpaired) electrons. The fourth-order valence-corrected chi connectivity index (χ4v) is 12.5. The maximum absolute atomic E-state index is 13.3. The van der Waals surface area contributed by atoms with Crippen molar-refractivity contribution < 1.29 is 19.4 Å². The summed E-state index contributed by atoms with van der Waals surface area (Å²) in [6.45, 7) is 17.0. The molecule has 5 heteroatoms. The number of fused-ring (bicyclic) bond motifs is 7. The Kier molecular flexibility index (Phi) is 7.81. The van der Waals surface area contributed by atoms with Crippen LogP contribution in [0.3, 0.4) is 0 Å². The molecule has 4 saturated carbocycles. The number of aliphatic carboxylic acids is 1. The maximum atomic E-state index is 13.3. The third kappa shape index (κ3) is 4.91. The molecular formula is C43H57NO4. The van der Waals surface area contributed by atoms with Crippen LogP contribution < -0.4 is 5.32 Å². The monoisotopic (exact) mass is 651 g/mol. The van der Waals surface area contributed by atoms with Crippen LogP contribution in [0.25, 0.3) is 11.1 Å². The van der Waals surface area contributed by atoms with Crippen molar-refractivity contribution in [2.75, 3.05) is 5.32 Å². The minimum Gasteiger partial charge on any atom is -0.481 e. The van der Waals surface area contributed by atoms with E-state index in [0.717, 1.165) is 81.0 Å². The number of nitrogens with one attached hydrogen (secondary N) is 1. The number of carboxylic acids is 1. The second kappa shape index (κ2) is 11.2. The number of hydrogen-bond donors (Lipinski definition) is 2. The van der Waals surface area contributed by atoms with E-state index in [-0.39, 0.29) is 45.2 Å². The van der Waals surface area contributed by atoms with E-state index < -0.39 is 11.4 Å². The topological polar surface area (TPSA) is 75.6 Å². The highest BCUT2D eigenvalue weighted by Crippen LogP contribution is 2.75. The molecule has 0 spiro atoms. The summed E-state index contributed by atoms with van der Waals surface area (Å²) in [7, 11) is 0. The Morgan fingerprint density at radius 2 is 1.44 bits per heavy atom. The first kappa shape index (κ1) is 33.4. The van der Waals surface area contributed by atoms with Gasteiger partial charge in [0.2, 0.25) is 0 Å². The lowest BCUT2D eigenvalue weighted by molar-refractivity contribution is -0.205. The van der Waals surface area contributed by atoms with E-state index >= 15 is 0 Å². The number of rotatable bonds is 4. The van der Waals surface area contributed by atoms with Gasteiger partial charge in [-0.3, -0.25) is 10.1 Å². The lowest BCUT2D eigenvalue weighted by atomic mass is 9.33. The standard InChI is InChI=1S/C43H57NO4/c1-38(2)23-25-43(36(45)46)26-24-41(6)31(32(43)27-38)17-18-34-40(5)21-20-35(39(3,4)33(40)19-22-42(34,41)7)48-37(47)44-30-15-13-29(14-16-30)28-11-9-8-10-12-28/h8-17,32-35H,18-27H2,1-7H3,(H,44,47)(H,45,46)/t32-,33+,34-,35+,40+,41-,42-,43+/m1/s1. The van der Waals surface area contributed by atoms with Crippen molar-refractivity contribution in [1.82, 2.24) is 0 Å². The first-order valence-electron chi connectivity index (χ1n) is 18.6. The third-order valence-electron chi connectivity index (χ3n) is 15.5. The first-order valence-corrected chi connectivity index (χ1v) is 18.6. The van der Waals surface area contributed by atoms with Crippen molar-refractivity contribution in [2.45, 2.75) is 119 Å². The largest absolute Gasteiger partial charge is 0.481 e. The number of carbonyl (C=O) groups is 2. The summed E-state index contributed by atoms with van der Waals surface area (Å²) in [6.07, 6.45) is 11.8. The fraction of sp³-hybridized carbons (Fsp3) is 0.628. The van der Waals surface area contributed by atoms with Gasteiger partial charge in [-0.15, -0.1) is 0 Å². The number of ether oxygens (including phenoxy) is 1. The average Bonchev–Trinajstić information content (AvgIpc) is 3.03. The minimum absolute atomic E-state index is 0.00830. The molecule has 7 rings (SSSR count). The van der Waals surface area contributed by atoms with Crippen LogP contribution in [-0.4, -0.2) is 23.3 Å². The van der Waals surface area contributed by atoms with E-state index in [2.05, 4.69) is 72.0 Å². The predicted molar refractivity (Wildman–Crippen MR) is 192 cm³/mol. The highest BCUT2D eigenvalue weighted by molar-refractivity contribution is 5.85. The van der Waals surface area contributed by atoms with Crippen molar-refractivity contribution in [1.29, 1.82) is 0 Å². The van der Waals surface area contributed by atoms with E-state index in [4.69, 9.17) is 4.74 Å². The van der Waals surface area contributed by atoms with Crippen molar-refractivity contribution in [3.63, 3.8) is 0 Å². The van der Waals surface area contributed by atoms with Crippen LogP contribution in [0.2, 0.25) is 0 Å². The molecule has 258 valence electrons. The molecule has 1 amide bonds. The Morgan fingerprint density at radius 1 is 0.771 bits per heavy atom. The molecule has 0 unspecified atom stereocenters. The third-order valence-corrected chi connectivity index (χ3v) is 15.5. The molecule has 48 heavy (non-hydrogen) atoms. The van der Waals surface area contributed by atoms with Crippen LogP contribution in [-0.2, 0) is 9.53 Å². The number of amides is 1. The predicted octanol–water partition coefficient (Wildman–Crippen LogP) is 11.2. The zero-order valence-electron chi connectivity index (χ0n) is 30.3. The fourth-order valence-electron chi connectivity index (χ4n) is 12.5. The van der Waals surface area contributed by atoms with Gasteiger partial charge < -0.3 is 9.84 Å². The van der Waals surface area contributed by atoms with Crippen molar-refractivity contribution in [3.8, 4) is 11.1 Å². The average molecular weight is 652 g/mol. The smallest absolute Gasteiger partial charge is 0.411 e. The number of benzene rings is 2. The van der Waals surface area contributed by atoms with Gasteiger partial charge in [0.15, 0.2) is 0 Å². The highest BCUT2D eigenvalue weighted by Gasteiger charge is 2.69. The molecular weight excluding hydrogens is 594 g/mol. The molecule has 0 heterocycles. The zero-order valence-corrected chi connectivity index (χ0v) is 30.3. The summed E-state index contributed by atoms with van der Waals surface area (Å²) in [5.41, 5.74) is 4.13. The molecule has 5 aliphatic carbocycles. The van der Waals surface area contributed by atoms with Gasteiger partial charge in [-0.1, -0.05) is 103 Å². The maximum Gasteiger partial charge on any atom is 0.411 e. The molecule has 0 saturated heterocycles. The SMILES string of the molecule is CC1(C)CC[C@]2(C(=O)O)CC[C@]3(C)C(=CC[C@@H]4[C@@]5(C)CC[C@H](OC(=O)Nc6ccc(-c7ccccc7)cc6)C(C)(C)[C@@H]5CC[C@]43C)[C@H]2C1. The molecule has 8 atom stereocenters. The van der Waals surface area contributed by atoms with Crippen LogP contribution in [0.5, 0.6) is 0 Å². The van der Waals surface area contributed by atoms with Gasteiger partial charge in [0, 0.05) is 11.1 Å². The highest BCUT2D eigenvalue weighted by atomic mass is 16.6. The summed E-state index contributed by atoms with van der Waals surface area (Å²) in [4.78, 5) is 26.3. The lowest BCUT2D eigenvalue weighted by Crippen LogP contribution is -2.65. The number of hydrogen-bond acceptors (Lipinski definition) is 3. The van der Waals surface area contributed by atoms with Crippen molar-refractivity contribution in [3.05, 3.63) is 66.2 Å². The summed E-state index contributed by atoms with van der Waals surface area (Å²) in [6, 6.07) is 18.2.